The van der Waals surface area contributed by atoms with E-state index in [4.69, 9.17) is 6.58 Å². The Bertz CT molecular complexity index is 456. The van der Waals surface area contributed by atoms with E-state index in [0.717, 1.165) is 0 Å². The van der Waals surface area contributed by atoms with E-state index in [1.165, 1.54) is 16.8 Å². The summed E-state index contributed by atoms with van der Waals surface area (Å²) in [5.74, 6) is 0. The van der Waals surface area contributed by atoms with Crippen LogP contribution in [-0.4, -0.2) is 0 Å². The molecule has 0 aliphatic carbocycles. The summed E-state index contributed by atoms with van der Waals surface area (Å²) < 4.78 is 0. The van der Waals surface area contributed by atoms with Crippen molar-refractivity contribution < 1.29 is 21.7 Å². The molecular weight excluding hydrogens is 264 g/mol. The van der Waals surface area contributed by atoms with Crippen molar-refractivity contribution in [2.75, 3.05) is 0 Å². The number of hydrogen-bond donors (Lipinski definition) is 0. The average molecular weight is 284 g/mol. The summed E-state index contributed by atoms with van der Waals surface area (Å²) in [4.78, 5) is 0. The van der Waals surface area contributed by atoms with Gasteiger partial charge in [-0.1, -0.05) is 13.0 Å². The SMILES string of the molecule is [CH-]=CC.[CH3-].[Ti+4].c1cc[cH-]c1.c1ccc2[cH-]ccc2c1. The van der Waals surface area contributed by atoms with Gasteiger partial charge in [-0.05, 0) is 0 Å². The summed E-state index contributed by atoms with van der Waals surface area (Å²) in [6.45, 7) is 6.50. The molecule has 0 radical (unpaired) electrons. The largest absolute Gasteiger partial charge is 4.00 e. The molecule has 0 heterocycles. The fraction of sp³-hybridized carbons (Fsp3) is 0.0556. The third-order valence-electron chi connectivity index (χ3n) is 2.10. The van der Waals surface area contributed by atoms with Gasteiger partial charge in [-0.3, -0.25) is 6.08 Å². The molecule has 3 aromatic carbocycles. The summed E-state index contributed by atoms with van der Waals surface area (Å²) in [5, 5.41) is 2.66. The monoisotopic (exact) mass is 284 g/mol. The fourth-order valence-corrected chi connectivity index (χ4v) is 1.39. The third kappa shape index (κ3) is 8.37. The van der Waals surface area contributed by atoms with Gasteiger partial charge in [0.1, 0.15) is 0 Å². The topological polar surface area (TPSA) is 0 Å². The van der Waals surface area contributed by atoms with Crippen LogP contribution >= 0.6 is 0 Å². The molecular formula is C18H20Ti. The zero-order chi connectivity index (χ0) is 12.3. The van der Waals surface area contributed by atoms with Crippen molar-refractivity contribution in [2.45, 2.75) is 6.92 Å². The van der Waals surface area contributed by atoms with Crippen LogP contribution in [0.4, 0.5) is 0 Å². The Hall–Kier alpha value is -1.37. The number of allylic oxidation sites excluding steroid dienone is 1. The number of fused-ring (bicyclic) bond motifs is 1. The van der Waals surface area contributed by atoms with Crippen LogP contribution in [0.2, 0.25) is 0 Å². The second-order valence-corrected chi connectivity index (χ2v) is 3.45. The first-order chi connectivity index (χ1) is 8.38. The summed E-state index contributed by atoms with van der Waals surface area (Å²) in [5.41, 5.74) is 0. The maximum Gasteiger partial charge on any atom is 4.00 e. The Kier molecular flexibility index (Phi) is 13.7. The van der Waals surface area contributed by atoms with Crippen LogP contribution in [0.5, 0.6) is 0 Å². The van der Waals surface area contributed by atoms with Crippen molar-refractivity contribution in [1.82, 2.24) is 0 Å². The van der Waals surface area contributed by atoms with Gasteiger partial charge in [-0.25, -0.2) is 12.1 Å². The maximum atomic E-state index is 4.72. The van der Waals surface area contributed by atoms with E-state index in [1.54, 1.807) is 6.92 Å². The molecule has 0 saturated carbocycles. The van der Waals surface area contributed by atoms with E-state index in [0.29, 0.717) is 0 Å². The van der Waals surface area contributed by atoms with E-state index in [9.17, 15) is 0 Å². The van der Waals surface area contributed by atoms with Gasteiger partial charge in [-0.2, -0.15) is 35.7 Å². The van der Waals surface area contributed by atoms with Gasteiger partial charge in [0.15, 0.2) is 0 Å². The van der Waals surface area contributed by atoms with Crippen LogP contribution in [0, 0.1) is 14.0 Å². The summed E-state index contributed by atoms with van der Waals surface area (Å²) in [7, 11) is 0. The molecule has 0 unspecified atom stereocenters. The Labute approximate surface area is 132 Å². The van der Waals surface area contributed by atoms with Gasteiger partial charge >= 0.3 is 21.7 Å². The normalized spacial score (nSPS) is 7.63. The van der Waals surface area contributed by atoms with Gasteiger partial charge < -0.3 is 14.0 Å². The second-order valence-electron chi connectivity index (χ2n) is 3.45. The van der Waals surface area contributed by atoms with Crippen LogP contribution in [0.3, 0.4) is 0 Å². The molecule has 0 bridgehead atoms. The molecule has 3 aromatic rings. The van der Waals surface area contributed by atoms with Crippen molar-refractivity contribution in [3.63, 3.8) is 0 Å². The average Bonchev–Trinajstić information content (AvgIpc) is 3.05. The third-order valence-corrected chi connectivity index (χ3v) is 2.10. The number of hydrogen-bond acceptors (Lipinski definition) is 0. The molecule has 0 spiro atoms. The van der Waals surface area contributed by atoms with Gasteiger partial charge in [0.2, 0.25) is 0 Å². The Morgan fingerprint density at radius 3 is 2.00 bits per heavy atom. The smallest absolute Gasteiger partial charge is 0.518 e. The summed E-state index contributed by atoms with van der Waals surface area (Å²) in [6, 6.07) is 24.7. The van der Waals surface area contributed by atoms with Crippen molar-refractivity contribution in [3.05, 3.63) is 92.9 Å². The first-order valence-electron chi connectivity index (χ1n) is 5.65. The molecule has 0 aliphatic heterocycles. The molecule has 1 heteroatoms. The van der Waals surface area contributed by atoms with Crippen molar-refractivity contribution in [2.24, 2.45) is 0 Å². The number of rotatable bonds is 0. The molecule has 0 aromatic heterocycles. The zero-order valence-electron chi connectivity index (χ0n) is 11.6. The fourth-order valence-electron chi connectivity index (χ4n) is 1.39. The minimum absolute atomic E-state index is 0. The van der Waals surface area contributed by atoms with Crippen LogP contribution in [0.15, 0.2) is 78.9 Å². The Balaban J connectivity index is 0. The van der Waals surface area contributed by atoms with Crippen LogP contribution in [-0.2, 0) is 21.7 Å². The Morgan fingerprint density at radius 1 is 0.947 bits per heavy atom. The summed E-state index contributed by atoms with van der Waals surface area (Å²) in [6.07, 6.45) is 1.50. The molecule has 0 aliphatic rings. The van der Waals surface area contributed by atoms with Crippen molar-refractivity contribution in [3.8, 4) is 0 Å². The quantitative estimate of drug-likeness (QED) is 0.382. The predicted octanol–water partition coefficient (Wildman–Crippen LogP) is 5.41. The van der Waals surface area contributed by atoms with Crippen LogP contribution < -0.4 is 0 Å². The van der Waals surface area contributed by atoms with E-state index in [2.05, 4.69) is 42.5 Å². The standard InChI is InChI=1S/C9H7.C5H5.C3H5.CH3.Ti/c1-2-5-9-7-3-6-8(9)4-1;1-2-4-5-3-1;1-3-2;;/h1-7H;1-5H;1,3H,2H3;1H3;/q4*-1;+4. The molecule has 0 nitrogen and oxygen atoms in total. The van der Waals surface area contributed by atoms with E-state index in [-0.39, 0.29) is 29.1 Å². The van der Waals surface area contributed by atoms with Gasteiger partial charge in [0.25, 0.3) is 0 Å². The molecule has 96 valence electrons. The molecule has 0 atom stereocenters. The Morgan fingerprint density at radius 2 is 1.53 bits per heavy atom. The van der Waals surface area contributed by atoms with Gasteiger partial charge in [0.05, 0.1) is 0 Å². The molecule has 0 saturated heterocycles. The second kappa shape index (κ2) is 13.1. The van der Waals surface area contributed by atoms with Gasteiger partial charge in [0, 0.05) is 0 Å². The van der Waals surface area contributed by atoms with Crippen LogP contribution in [0.1, 0.15) is 6.92 Å². The predicted molar refractivity (Wildman–Crippen MR) is 82.5 cm³/mol. The van der Waals surface area contributed by atoms with E-state index in [1.807, 2.05) is 30.3 Å². The summed E-state index contributed by atoms with van der Waals surface area (Å²) >= 11 is 0. The van der Waals surface area contributed by atoms with E-state index < -0.39 is 0 Å². The van der Waals surface area contributed by atoms with Crippen molar-refractivity contribution >= 4 is 10.8 Å². The van der Waals surface area contributed by atoms with E-state index >= 15 is 0 Å². The first kappa shape index (κ1) is 20.0. The maximum absolute atomic E-state index is 4.72. The molecule has 3 rings (SSSR count). The molecule has 0 fully saturated rings. The minimum Gasteiger partial charge on any atom is -0.518 e. The molecule has 0 amide bonds. The molecule has 19 heavy (non-hydrogen) atoms. The minimum atomic E-state index is 0. The van der Waals surface area contributed by atoms with Gasteiger partial charge in [-0.15, -0.1) is 29.7 Å². The molecule has 0 N–H and O–H groups in total. The van der Waals surface area contributed by atoms with Crippen molar-refractivity contribution in [1.29, 1.82) is 0 Å². The first-order valence-corrected chi connectivity index (χ1v) is 5.65. The van der Waals surface area contributed by atoms with Crippen LogP contribution in [0.25, 0.3) is 10.8 Å². The number of benzene rings is 1. The zero-order valence-corrected chi connectivity index (χ0v) is 13.1.